The summed E-state index contributed by atoms with van der Waals surface area (Å²) in [6.07, 6.45) is 5.99. The molecule has 0 spiro atoms. The van der Waals surface area contributed by atoms with Gasteiger partial charge in [0, 0.05) is 23.8 Å². The summed E-state index contributed by atoms with van der Waals surface area (Å²) in [6.45, 7) is 15.7. The van der Waals surface area contributed by atoms with Gasteiger partial charge in [-0.25, -0.2) is 0 Å². The van der Waals surface area contributed by atoms with Gasteiger partial charge in [0.1, 0.15) is 6.17 Å². The van der Waals surface area contributed by atoms with Gasteiger partial charge in [0.25, 0.3) is 0 Å². The summed E-state index contributed by atoms with van der Waals surface area (Å²) in [7, 11) is 0. The summed E-state index contributed by atoms with van der Waals surface area (Å²) < 4.78 is 0. The van der Waals surface area contributed by atoms with E-state index in [-0.39, 0.29) is 0 Å². The van der Waals surface area contributed by atoms with E-state index in [1.165, 1.54) is 39.2 Å². The average molecular weight is 349 g/mol. The van der Waals surface area contributed by atoms with E-state index in [0.717, 1.165) is 6.42 Å². The van der Waals surface area contributed by atoms with Gasteiger partial charge in [0.2, 0.25) is 0 Å². The van der Waals surface area contributed by atoms with Crippen molar-refractivity contribution in [3.05, 3.63) is 70.5 Å². The van der Waals surface area contributed by atoms with Gasteiger partial charge < -0.3 is 9.80 Å². The Labute approximate surface area is 159 Å². The average Bonchev–Trinajstić information content (AvgIpc) is 2.97. The van der Waals surface area contributed by atoms with Crippen LogP contribution in [0.5, 0.6) is 0 Å². The molecule has 26 heavy (non-hydrogen) atoms. The van der Waals surface area contributed by atoms with Gasteiger partial charge in [-0.1, -0.05) is 49.7 Å². The van der Waals surface area contributed by atoms with Gasteiger partial charge in [0.05, 0.1) is 0 Å². The normalized spacial score (nSPS) is 17.9. The smallest absolute Gasteiger partial charge is 0.112 e. The molecule has 3 rings (SSSR count). The molecule has 0 aliphatic carbocycles. The lowest BCUT2D eigenvalue weighted by Gasteiger charge is -2.39. The third-order valence-electron chi connectivity index (χ3n) is 5.70. The monoisotopic (exact) mass is 348 g/mol. The van der Waals surface area contributed by atoms with Crippen LogP contribution in [0.4, 0.5) is 11.4 Å². The van der Waals surface area contributed by atoms with Crippen LogP contribution >= 0.6 is 0 Å². The molecule has 1 aliphatic rings. The van der Waals surface area contributed by atoms with E-state index in [9.17, 15) is 0 Å². The molecule has 2 nitrogen and oxygen atoms in total. The number of nitrogens with zero attached hydrogens (tertiary/aromatic N) is 2. The van der Waals surface area contributed by atoms with Gasteiger partial charge in [-0.3, -0.25) is 0 Å². The first-order valence-electron chi connectivity index (χ1n) is 9.74. The van der Waals surface area contributed by atoms with Crippen LogP contribution in [-0.2, 0) is 0 Å². The maximum absolute atomic E-state index is 2.49. The molecule has 2 aromatic rings. The second kappa shape index (κ2) is 7.19. The van der Waals surface area contributed by atoms with Gasteiger partial charge in [0.15, 0.2) is 0 Å². The zero-order chi connectivity index (χ0) is 19.0. The highest BCUT2D eigenvalue weighted by atomic mass is 15.4. The quantitative estimate of drug-likeness (QED) is 0.631. The summed E-state index contributed by atoms with van der Waals surface area (Å²) in [5, 5.41) is 0. The molecule has 0 aromatic heterocycles. The third kappa shape index (κ3) is 3.13. The molecule has 2 aromatic carbocycles. The van der Waals surface area contributed by atoms with Gasteiger partial charge in [-0.15, -0.1) is 0 Å². The molecule has 0 fully saturated rings. The minimum atomic E-state index is 0.305. The second-order valence-corrected chi connectivity index (χ2v) is 7.90. The number of hydrogen-bond acceptors (Lipinski definition) is 2. The Morgan fingerprint density at radius 1 is 0.808 bits per heavy atom. The molecule has 0 saturated carbocycles. The molecule has 2 unspecified atom stereocenters. The number of benzene rings is 2. The van der Waals surface area contributed by atoms with Crippen LogP contribution in [0, 0.1) is 40.5 Å². The first-order valence-corrected chi connectivity index (χ1v) is 9.74. The highest BCUT2D eigenvalue weighted by molar-refractivity contribution is 5.70. The summed E-state index contributed by atoms with van der Waals surface area (Å²) in [5.41, 5.74) is 9.40. The third-order valence-corrected chi connectivity index (χ3v) is 5.70. The molecule has 0 saturated heterocycles. The number of hydrogen-bond donors (Lipinski definition) is 0. The van der Waals surface area contributed by atoms with Crippen molar-refractivity contribution in [3.63, 3.8) is 0 Å². The molecule has 1 aliphatic heterocycles. The van der Waals surface area contributed by atoms with Crippen LogP contribution in [0.2, 0.25) is 0 Å². The van der Waals surface area contributed by atoms with Crippen LogP contribution in [-0.4, -0.2) is 6.17 Å². The standard InChI is InChI=1S/C24H32N2/c1-8-17(3)24-25(22-18(4)10-9-11-19(22)5)12-13-26(24)23-20(6)14-16(2)15-21(23)7/h9-15,17,24H,8H2,1-7H3. The molecule has 0 N–H and O–H groups in total. The van der Waals surface area contributed by atoms with E-state index in [1.807, 2.05) is 0 Å². The first-order chi connectivity index (χ1) is 12.3. The van der Waals surface area contributed by atoms with Crippen molar-refractivity contribution in [2.45, 2.75) is 61.1 Å². The predicted molar refractivity (Wildman–Crippen MR) is 114 cm³/mol. The molecule has 138 valence electrons. The van der Waals surface area contributed by atoms with Crippen LogP contribution in [0.3, 0.4) is 0 Å². The SMILES string of the molecule is CCC(C)C1N(c2c(C)cccc2C)C=CN1c1c(C)cc(C)cc1C. The van der Waals surface area contributed by atoms with Crippen molar-refractivity contribution >= 4 is 11.4 Å². The fraction of sp³-hybridized carbons (Fsp3) is 0.417. The van der Waals surface area contributed by atoms with Crippen LogP contribution in [0.25, 0.3) is 0 Å². The lowest BCUT2D eigenvalue weighted by Crippen LogP contribution is -2.44. The number of aryl methyl sites for hydroxylation is 5. The zero-order valence-electron chi connectivity index (χ0n) is 17.3. The molecule has 1 heterocycles. The van der Waals surface area contributed by atoms with Gasteiger partial charge in [-0.2, -0.15) is 0 Å². The first kappa shape index (κ1) is 18.6. The number of anilines is 2. The van der Waals surface area contributed by atoms with E-state index in [2.05, 4.69) is 101 Å². The molecule has 0 bridgehead atoms. The Morgan fingerprint density at radius 3 is 1.73 bits per heavy atom. The summed E-state index contributed by atoms with van der Waals surface area (Å²) in [4.78, 5) is 4.97. The second-order valence-electron chi connectivity index (χ2n) is 7.90. The van der Waals surface area contributed by atoms with Crippen molar-refractivity contribution < 1.29 is 0 Å². The highest BCUT2D eigenvalue weighted by Crippen LogP contribution is 2.39. The molecule has 0 amide bonds. The molecule has 2 heteroatoms. The highest BCUT2D eigenvalue weighted by Gasteiger charge is 2.34. The van der Waals surface area contributed by atoms with Gasteiger partial charge >= 0.3 is 0 Å². The fourth-order valence-electron chi connectivity index (χ4n) is 4.42. The lowest BCUT2D eigenvalue weighted by molar-refractivity contribution is 0.448. The molecular formula is C24H32N2. The fourth-order valence-corrected chi connectivity index (χ4v) is 4.42. The topological polar surface area (TPSA) is 6.48 Å². The Balaban J connectivity index is 2.11. The number of rotatable bonds is 4. The minimum Gasteiger partial charge on any atom is -0.325 e. The van der Waals surface area contributed by atoms with Crippen molar-refractivity contribution in [2.75, 3.05) is 9.80 Å². The lowest BCUT2D eigenvalue weighted by atomic mass is 9.98. The predicted octanol–water partition coefficient (Wildman–Crippen LogP) is 6.40. The number of para-hydroxylation sites is 1. The van der Waals surface area contributed by atoms with E-state index in [4.69, 9.17) is 0 Å². The Kier molecular flexibility index (Phi) is 5.13. The van der Waals surface area contributed by atoms with Crippen molar-refractivity contribution in [2.24, 2.45) is 5.92 Å². The minimum absolute atomic E-state index is 0.305. The van der Waals surface area contributed by atoms with Crippen LogP contribution < -0.4 is 9.80 Å². The van der Waals surface area contributed by atoms with Crippen molar-refractivity contribution in [1.82, 2.24) is 0 Å². The Morgan fingerprint density at radius 2 is 1.27 bits per heavy atom. The Bertz CT molecular complexity index is 791. The van der Waals surface area contributed by atoms with Crippen LogP contribution in [0.15, 0.2) is 42.7 Å². The summed E-state index contributed by atoms with van der Waals surface area (Å²) in [5.74, 6) is 0.545. The Hall–Kier alpha value is -2.22. The molecule has 2 atom stereocenters. The largest absolute Gasteiger partial charge is 0.325 e. The maximum Gasteiger partial charge on any atom is 0.112 e. The van der Waals surface area contributed by atoms with Crippen molar-refractivity contribution in [3.8, 4) is 0 Å². The van der Waals surface area contributed by atoms with E-state index in [1.54, 1.807) is 0 Å². The maximum atomic E-state index is 2.49. The summed E-state index contributed by atoms with van der Waals surface area (Å²) >= 11 is 0. The van der Waals surface area contributed by atoms with E-state index in [0.29, 0.717) is 12.1 Å². The van der Waals surface area contributed by atoms with E-state index < -0.39 is 0 Å². The molecule has 0 radical (unpaired) electrons. The van der Waals surface area contributed by atoms with Crippen LogP contribution in [0.1, 0.15) is 48.1 Å². The van der Waals surface area contributed by atoms with E-state index >= 15 is 0 Å². The zero-order valence-corrected chi connectivity index (χ0v) is 17.3. The van der Waals surface area contributed by atoms with Crippen molar-refractivity contribution in [1.29, 1.82) is 0 Å². The summed E-state index contributed by atoms with van der Waals surface area (Å²) in [6, 6.07) is 11.2. The van der Waals surface area contributed by atoms with Gasteiger partial charge in [-0.05, 0) is 69.2 Å². The molecular weight excluding hydrogens is 316 g/mol.